The van der Waals surface area contributed by atoms with Crippen LogP contribution < -0.4 is 0 Å². The van der Waals surface area contributed by atoms with Crippen molar-refractivity contribution in [3.8, 4) is 0 Å². The summed E-state index contributed by atoms with van der Waals surface area (Å²) >= 11 is 0. The van der Waals surface area contributed by atoms with Crippen molar-refractivity contribution in [2.75, 3.05) is 0 Å². The van der Waals surface area contributed by atoms with E-state index in [0.717, 1.165) is 24.8 Å². The Hall–Kier alpha value is -1.05. The lowest BCUT2D eigenvalue weighted by Gasteiger charge is -2.32. The smallest absolute Gasteiger partial charge is 0.331 e. The summed E-state index contributed by atoms with van der Waals surface area (Å²) in [7, 11) is 0. The van der Waals surface area contributed by atoms with Crippen LogP contribution in [0.1, 0.15) is 33.1 Å². The predicted octanol–water partition coefficient (Wildman–Crippen LogP) is 2.36. The number of carbonyl (C=O) groups excluding carboxylic acids is 1. The van der Waals surface area contributed by atoms with Gasteiger partial charge in [-0.1, -0.05) is 11.6 Å². The summed E-state index contributed by atoms with van der Waals surface area (Å²) in [5.41, 5.74) is 2.21. The van der Waals surface area contributed by atoms with Crippen LogP contribution in [-0.4, -0.2) is 11.6 Å². The molecule has 0 bridgehead atoms. The maximum atomic E-state index is 11.1. The fourth-order valence-electron chi connectivity index (χ4n) is 2.00. The van der Waals surface area contributed by atoms with E-state index in [1.807, 2.05) is 6.92 Å². The summed E-state index contributed by atoms with van der Waals surface area (Å²) in [6.45, 7) is 4.11. The molecule has 0 fully saturated rings. The molecule has 0 saturated heterocycles. The minimum Gasteiger partial charge on any atom is -0.451 e. The minimum absolute atomic E-state index is 0.176. The van der Waals surface area contributed by atoms with Crippen LogP contribution in [0.15, 0.2) is 23.3 Å². The van der Waals surface area contributed by atoms with Gasteiger partial charge in [0.25, 0.3) is 0 Å². The fourth-order valence-corrected chi connectivity index (χ4v) is 2.00. The predicted molar refractivity (Wildman–Crippen MR) is 50.2 cm³/mol. The van der Waals surface area contributed by atoms with E-state index in [1.165, 1.54) is 5.57 Å². The Bertz CT molecular complexity index is 312. The monoisotopic (exact) mass is 178 g/mol. The highest BCUT2D eigenvalue weighted by Gasteiger charge is 2.40. The summed E-state index contributed by atoms with van der Waals surface area (Å²) < 4.78 is 5.37. The lowest BCUT2D eigenvalue weighted by Crippen LogP contribution is -2.32. The molecule has 13 heavy (non-hydrogen) atoms. The Kier molecular flexibility index (Phi) is 1.79. The van der Waals surface area contributed by atoms with Crippen molar-refractivity contribution >= 4 is 5.97 Å². The van der Waals surface area contributed by atoms with Crippen LogP contribution in [0.3, 0.4) is 0 Å². The molecule has 70 valence electrons. The van der Waals surface area contributed by atoms with E-state index < -0.39 is 0 Å². The maximum Gasteiger partial charge on any atom is 0.331 e. The lowest BCUT2D eigenvalue weighted by molar-refractivity contribution is -0.146. The first-order valence-electron chi connectivity index (χ1n) is 4.70. The van der Waals surface area contributed by atoms with Crippen molar-refractivity contribution in [2.24, 2.45) is 0 Å². The SMILES string of the molecule is CC1=CC[C@@]2(CC1)OC(=O)C=C2C. The normalized spacial score (nSPS) is 32.9. The molecule has 0 aromatic heterocycles. The molecule has 0 N–H and O–H groups in total. The highest BCUT2D eigenvalue weighted by atomic mass is 16.6. The van der Waals surface area contributed by atoms with E-state index in [2.05, 4.69) is 13.0 Å². The molecule has 0 amide bonds. The third-order valence-electron chi connectivity index (χ3n) is 3.05. The van der Waals surface area contributed by atoms with Crippen LogP contribution in [0.2, 0.25) is 0 Å². The Morgan fingerprint density at radius 2 is 2.23 bits per heavy atom. The van der Waals surface area contributed by atoms with Gasteiger partial charge in [0, 0.05) is 12.5 Å². The van der Waals surface area contributed by atoms with Crippen molar-refractivity contribution in [1.82, 2.24) is 0 Å². The van der Waals surface area contributed by atoms with Crippen molar-refractivity contribution in [2.45, 2.75) is 38.7 Å². The molecule has 2 rings (SSSR count). The standard InChI is InChI=1S/C11H14O2/c1-8-3-5-11(6-4-8)9(2)7-10(12)13-11/h3,7H,4-6H2,1-2H3/t11-/m0/s1. The Balaban J connectivity index is 2.25. The summed E-state index contributed by atoms with van der Waals surface area (Å²) in [6, 6.07) is 0. The second-order valence-electron chi connectivity index (χ2n) is 4.00. The number of rotatable bonds is 0. The Morgan fingerprint density at radius 1 is 1.46 bits per heavy atom. The number of esters is 1. The Labute approximate surface area is 78.3 Å². The van der Waals surface area contributed by atoms with Crippen molar-refractivity contribution in [3.05, 3.63) is 23.3 Å². The first-order valence-corrected chi connectivity index (χ1v) is 4.70. The highest BCUT2D eigenvalue weighted by molar-refractivity contribution is 5.86. The molecule has 1 aliphatic carbocycles. The van der Waals surface area contributed by atoms with E-state index in [4.69, 9.17) is 4.74 Å². The first-order chi connectivity index (χ1) is 6.12. The van der Waals surface area contributed by atoms with Gasteiger partial charge in [-0.25, -0.2) is 4.79 Å². The molecule has 2 aliphatic rings. The fraction of sp³-hybridized carbons (Fsp3) is 0.545. The van der Waals surface area contributed by atoms with Gasteiger partial charge in [-0.05, 0) is 32.3 Å². The van der Waals surface area contributed by atoms with Crippen molar-refractivity contribution in [1.29, 1.82) is 0 Å². The van der Waals surface area contributed by atoms with Gasteiger partial charge in [0.2, 0.25) is 0 Å². The van der Waals surface area contributed by atoms with Crippen LogP contribution >= 0.6 is 0 Å². The average molecular weight is 178 g/mol. The molecule has 2 nitrogen and oxygen atoms in total. The molecule has 1 atom stereocenters. The van der Waals surface area contributed by atoms with Gasteiger partial charge in [-0.2, -0.15) is 0 Å². The van der Waals surface area contributed by atoms with Gasteiger partial charge in [0.1, 0.15) is 5.60 Å². The van der Waals surface area contributed by atoms with Gasteiger partial charge in [-0.3, -0.25) is 0 Å². The van der Waals surface area contributed by atoms with E-state index >= 15 is 0 Å². The number of hydrogen-bond acceptors (Lipinski definition) is 2. The molecule has 0 radical (unpaired) electrons. The van der Waals surface area contributed by atoms with E-state index in [9.17, 15) is 4.79 Å². The van der Waals surface area contributed by atoms with Crippen LogP contribution in [0.5, 0.6) is 0 Å². The van der Waals surface area contributed by atoms with Gasteiger partial charge in [0.05, 0.1) is 0 Å². The van der Waals surface area contributed by atoms with E-state index in [0.29, 0.717) is 0 Å². The van der Waals surface area contributed by atoms with Gasteiger partial charge in [0.15, 0.2) is 0 Å². The van der Waals surface area contributed by atoms with E-state index in [-0.39, 0.29) is 11.6 Å². The van der Waals surface area contributed by atoms with Gasteiger partial charge >= 0.3 is 5.97 Å². The largest absolute Gasteiger partial charge is 0.451 e. The van der Waals surface area contributed by atoms with Crippen molar-refractivity contribution in [3.63, 3.8) is 0 Å². The molecule has 2 heteroatoms. The molecule has 0 aromatic carbocycles. The molecule has 0 saturated carbocycles. The van der Waals surface area contributed by atoms with Crippen LogP contribution in [-0.2, 0) is 9.53 Å². The second kappa shape index (κ2) is 2.72. The van der Waals surface area contributed by atoms with Crippen LogP contribution in [0.4, 0.5) is 0 Å². The molecular formula is C11H14O2. The first kappa shape index (κ1) is 8.54. The molecule has 1 heterocycles. The maximum absolute atomic E-state index is 11.1. The van der Waals surface area contributed by atoms with Crippen molar-refractivity contribution < 1.29 is 9.53 Å². The molecule has 1 aliphatic heterocycles. The summed E-state index contributed by atoms with van der Waals surface area (Å²) in [5.74, 6) is -0.176. The summed E-state index contributed by atoms with van der Waals surface area (Å²) in [6.07, 6.45) is 6.64. The lowest BCUT2D eigenvalue weighted by atomic mass is 9.81. The van der Waals surface area contributed by atoms with E-state index in [1.54, 1.807) is 6.08 Å². The quantitative estimate of drug-likeness (QED) is 0.420. The highest BCUT2D eigenvalue weighted by Crippen LogP contribution is 2.39. The average Bonchev–Trinajstić information content (AvgIpc) is 2.34. The molecule has 0 unspecified atom stereocenters. The minimum atomic E-state index is -0.281. The number of ether oxygens (including phenoxy) is 1. The third kappa shape index (κ3) is 1.30. The molecule has 1 spiro atoms. The topological polar surface area (TPSA) is 26.3 Å². The van der Waals surface area contributed by atoms with Crippen LogP contribution in [0.25, 0.3) is 0 Å². The number of hydrogen-bond donors (Lipinski definition) is 0. The summed E-state index contributed by atoms with van der Waals surface area (Å²) in [4.78, 5) is 11.1. The Morgan fingerprint density at radius 3 is 2.69 bits per heavy atom. The zero-order chi connectivity index (χ0) is 9.47. The van der Waals surface area contributed by atoms with Gasteiger partial charge in [-0.15, -0.1) is 0 Å². The number of carbonyl (C=O) groups is 1. The zero-order valence-corrected chi connectivity index (χ0v) is 8.09. The number of allylic oxidation sites excluding steroid dienone is 1. The molecule has 0 aromatic rings. The molecular weight excluding hydrogens is 164 g/mol. The zero-order valence-electron chi connectivity index (χ0n) is 8.09. The van der Waals surface area contributed by atoms with Gasteiger partial charge < -0.3 is 4.74 Å². The third-order valence-corrected chi connectivity index (χ3v) is 3.05. The second-order valence-corrected chi connectivity index (χ2v) is 4.00. The summed E-state index contributed by atoms with van der Waals surface area (Å²) in [5, 5.41) is 0. The van der Waals surface area contributed by atoms with Crippen LogP contribution in [0, 0.1) is 0 Å².